The Labute approximate surface area is 171 Å². The van der Waals surface area contributed by atoms with Crippen molar-refractivity contribution in [3.8, 4) is 10.4 Å². The first-order chi connectivity index (χ1) is 13.9. The molecule has 4 aromatic heterocycles. The van der Waals surface area contributed by atoms with Gasteiger partial charge in [-0.25, -0.2) is 4.39 Å². The molecule has 0 aliphatic rings. The van der Waals surface area contributed by atoms with Crippen LogP contribution in [0.3, 0.4) is 0 Å². The third-order valence-electron chi connectivity index (χ3n) is 5.26. The highest BCUT2D eigenvalue weighted by molar-refractivity contribution is 7.09. The first-order valence-electron chi connectivity index (χ1n) is 9.27. The fourth-order valence-corrected chi connectivity index (χ4v) is 4.34. The molecule has 0 spiro atoms. The van der Waals surface area contributed by atoms with Crippen LogP contribution in [0.4, 0.5) is 4.39 Å². The predicted molar refractivity (Wildman–Crippen MR) is 113 cm³/mol. The fourth-order valence-electron chi connectivity index (χ4n) is 3.61. The number of halogens is 1. The second-order valence-electron chi connectivity index (χ2n) is 7.66. The van der Waals surface area contributed by atoms with Crippen LogP contribution in [-0.2, 0) is 5.41 Å². The van der Waals surface area contributed by atoms with Gasteiger partial charge in [0, 0.05) is 23.3 Å². The highest BCUT2D eigenvalue weighted by Crippen LogP contribution is 2.34. The number of aromatic nitrogens is 5. The normalized spacial score (nSPS) is 12.1. The van der Waals surface area contributed by atoms with Gasteiger partial charge in [-0.2, -0.15) is 4.37 Å². The van der Waals surface area contributed by atoms with Gasteiger partial charge in [0.1, 0.15) is 5.82 Å². The number of nitrogens with zero attached hydrogens (tertiary/aromatic N) is 5. The molecule has 0 aliphatic heterocycles. The topological polar surface area (TPSA) is 56.0 Å². The molecule has 0 saturated carbocycles. The standard InChI is InChI=1S/C22H18FN5S/c1-13-9-19(29-27-13)15-11-17(23)20-25-26-21(28(20)12-15)22(2,3)16-6-7-18-14(10-16)5-4-8-24-18/h4-12H,1-3H3. The Balaban J connectivity index is 1.69. The molecule has 0 unspecified atom stereocenters. The molecule has 0 aliphatic carbocycles. The Morgan fingerprint density at radius 3 is 2.72 bits per heavy atom. The van der Waals surface area contributed by atoms with Gasteiger partial charge in [0.05, 0.1) is 21.5 Å². The molecule has 29 heavy (non-hydrogen) atoms. The number of aryl methyl sites for hydroxylation is 1. The highest BCUT2D eigenvalue weighted by atomic mass is 32.1. The van der Waals surface area contributed by atoms with Crippen LogP contribution in [0, 0.1) is 12.7 Å². The highest BCUT2D eigenvalue weighted by Gasteiger charge is 2.30. The van der Waals surface area contributed by atoms with Crippen LogP contribution >= 0.6 is 11.5 Å². The van der Waals surface area contributed by atoms with Crippen molar-refractivity contribution in [2.24, 2.45) is 0 Å². The third-order valence-corrected chi connectivity index (χ3v) is 6.19. The number of fused-ring (bicyclic) bond motifs is 2. The zero-order valence-corrected chi connectivity index (χ0v) is 17.0. The number of rotatable bonds is 3. The van der Waals surface area contributed by atoms with E-state index in [-0.39, 0.29) is 5.65 Å². The summed E-state index contributed by atoms with van der Waals surface area (Å²) < 4.78 is 20.9. The van der Waals surface area contributed by atoms with E-state index in [4.69, 9.17) is 0 Å². The average Bonchev–Trinajstić information content (AvgIpc) is 3.34. The van der Waals surface area contributed by atoms with Gasteiger partial charge in [-0.15, -0.1) is 10.2 Å². The summed E-state index contributed by atoms with van der Waals surface area (Å²) in [6, 6.07) is 13.6. The molecule has 7 heteroatoms. The molecule has 0 saturated heterocycles. The molecule has 0 fully saturated rings. The molecule has 5 aromatic rings. The summed E-state index contributed by atoms with van der Waals surface area (Å²) in [6.45, 7) is 6.07. The monoisotopic (exact) mass is 403 g/mol. The molecule has 0 amide bonds. The van der Waals surface area contributed by atoms with Crippen LogP contribution in [0.2, 0.25) is 0 Å². The summed E-state index contributed by atoms with van der Waals surface area (Å²) in [5.74, 6) is 0.281. The van der Waals surface area contributed by atoms with E-state index in [0.717, 1.165) is 32.6 Å². The van der Waals surface area contributed by atoms with Crippen LogP contribution < -0.4 is 0 Å². The first kappa shape index (κ1) is 17.9. The number of pyridine rings is 2. The van der Waals surface area contributed by atoms with E-state index in [1.165, 1.54) is 17.6 Å². The SMILES string of the molecule is Cc1cc(-c2cc(F)c3nnc(C(C)(C)c4ccc5ncccc5c4)n3c2)sn1. The van der Waals surface area contributed by atoms with E-state index in [9.17, 15) is 4.39 Å². The Hall–Kier alpha value is -3.19. The second-order valence-corrected chi connectivity index (χ2v) is 8.47. The van der Waals surface area contributed by atoms with Crippen LogP contribution in [0.1, 0.15) is 30.9 Å². The van der Waals surface area contributed by atoms with Gasteiger partial charge in [-0.1, -0.05) is 12.1 Å². The largest absolute Gasteiger partial charge is 0.283 e. The predicted octanol–water partition coefficient (Wildman–Crippen LogP) is 5.17. The third kappa shape index (κ3) is 2.89. The van der Waals surface area contributed by atoms with Gasteiger partial charge < -0.3 is 0 Å². The van der Waals surface area contributed by atoms with E-state index in [0.29, 0.717) is 5.82 Å². The molecule has 5 rings (SSSR count). The lowest BCUT2D eigenvalue weighted by atomic mass is 9.83. The zero-order valence-electron chi connectivity index (χ0n) is 16.2. The molecule has 4 heterocycles. The molecule has 0 radical (unpaired) electrons. The maximum Gasteiger partial charge on any atom is 0.196 e. The maximum absolute atomic E-state index is 14.8. The van der Waals surface area contributed by atoms with Crippen molar-refractivity contribution in [3.05, 3.63) is 77.8 Å². The number of hydrogen-bond acceptors (Lipinski definition) is 5. The minimum absolute atomic E-state index is 0.223. The van der Waals surface area contributed by atoms with Gasteiger partial charge >= 0.3 is 0 Å². The van der Waals surface area contributed by atoms with E-state index in [1.54, 1.807) is 10.6 Å². The Morgan fingerprint density at radius 2 is 1.93 bits per heavy atom. The van der Waals surface area contributed by atoms with Crippen molar-refractivity contribution < 1.29 is 4.39 Å². The van der Waals surface area contributed by atoms with Crippen molar-refractivity contribution in [1.29, 1.82) is 0 Å². The molecular formula is C22H18FN5S. The Bertz CT molecular complexity index is 1370. The van der Waals surface area contributed by atoms with Gasteiger partial charge in [0.2, 0.25) is 0 Å². The van der Waals surface area contributed by atoms with Crippen LogP contribution in [0.15, 0.2) is 54.9 Å². The summed E-state index contributed by atoms with van der Waals surface area (Å²) >= 11 is 1.36. The molecule has 0 N–H and O–H groups in total. The molecule has 0 bridgehead atoms. The maximum atomic E-state index is 14.8. The Kier molecular flexibility index (Phi) is 3.96. The summed E-state index contributed by atoms with van der Waals surface area (Å²) in [5.41, 5.74) is 3.41. The second kappa shape index (κ2) is 6.42. The smallest absolute Gasteiger partial charge is 0.196 e. The van der Waals surface area contributed by atoms with E-state index in [1.807, 2.05) is 43.5 Å². The van der Waals surface area contributed by atoms with Crippen molar-refractivity contribution in [1.82, 2.24) is 24.0 Å². The van der Waals surface area contributed by atoms with Crippen LogP contribution in [0.5, 0.6) is 0 Å². The minimum atomic E-state index is -0.488. The van der Waals surface area contributed by atoms with Crippen molar-refractivity contribution in [2.45, 2.75) is 26.2 Å². The minimum Gasteiger partial charge on any atom is -0.283 e. The van der Waals surface area contributed by atoms with Gasteiger partial charge in [-0.05, 0) is 68.2 Å². The zero-order chi connectivity index (χ0) is 20.2. The van der Waals surface area contributed by atoms with E-state index < -0.39 is 11.2 Å². The molecular weight excluding hydrogens is 385 g/mol. The van der Waals surface area contributed by atoms with E-state index in [2.05, 4.69) is 39.5 Å². The molecule has 144 valence electrons. The summed E-state index contributed by atoms with van der Waals surface area (Å²) in [7, 11) is 0. The summed E-state index contributed by atoms with van der Waals surface area (Å²) in [5, 5.41) is 9.55. The van der Waals surface area contributed by atoms with Crippen LogP contribution in [0.25, 0.3) is 27.0 Å². The molecule has 0 atom stereocenters. The van der Waals surface area contributed by atoms with Gasteiger partial charge in [0.15, 0.2) is 11.5 Å². The van der Waals surface area contributed by atoms with Crippen molar-refractivity contribution in [3.63, 3.8) is 0 Å². The van der Waals surface area contributed by atoms with Gasteiger partial charge in [-0.3, -0.25) is 9.38 Å². The summed E-state index contributed by atoms with van der Waals surface area (Å²) in [4.78, 5) is 5.30. The number of hydrogen-bond donors (Lipinski definition) is 0. The average molecular weight is 403 g/mol. The quantitative estimate of drug-likeness (QED) is 0.417. The Morgan fingerprint density at radius 1 is 1.07 bits per heavy atom. The molecule has 5 nitrogen and oxygen atoms in total. The lowest BCUT2D eigenvalue weighted by Gasteiger charge is -2.24. The van der Waals surface area contributed by atoms with Crippen molar-refractivity contribution >= 4 is 28.1 Å². The molecule has 1 aromatic carbocycles. The van der Waals surface area contributed by atoms with E-state index >= 15 is 0 Å². The van der Waals surface area contributed by atoms with Crippen molar-refractivity contribution in [2.75, 3.05) is 0 Å². The number of benzene rings is 1. The lowest BCUT2D eigenvalue weighted by Crippen LogP contribution is -2.22. The first-order valence-corrected chi connectivity index (χ1v) is 10.0. The van der Waals surface area contributed by atoms with Crippen LogP contribution in [-0.4, -0.2) is 24.0 Å². The summed E-state index contributed by atoms with van der Waals surface area (Å²) in [6.07, 6.45) is 3.68. The fraction of sp³-hybridized carbons (Fsp3) is 0.182. The van der Waals surface area contributed by atoms with Gasteiger partial charge in [0.25, 0.3) is 0 Å². The lowest BCUT2D eigenvalue weighted by molar-refractivity contribution is 0.581.